The molecule has 1 unspecified atom stereocenters. The maximum absolute atomic E-state index is 10.7. The molecule has 94 valence electrons. The van der Waals surface area contributed by atoms with Gasteiger partial charge in [0.2, 0.25) is 0 Å². The van der Waals surface area contributed by atoms with Gasteiger partial charge in [-0.25, -0.2) is 0 Å². The second kappa shape index (κ2) is 5.50. The van der Waals surface area contributed by atoms with Crippen LogP contribution in [-0.4, -0.2) is 17.8 Å². The largest absolute Gasteiger partial charge is 0.392 e. The van der Waals surface area contributed by atoms with Crippen molar-refractivity contribution in [1.29, 1.82) is 0 Å². The van der Waals surface area contributed by atoms with E-state index in [9.17, 15) is 5.11 Å². The quantitative estimate of drug-likeness (QED) is 0.776. The molecule has 0 spiro atoms. The summed E-state index contributed by atoms with van der Waals surface area (Å²) in [4.78, 5) is 0. The van der Waals surface area contributed by atoms with Crippen molar-refractivity contribution in [3.63, 3.8) is 0 Å². The first-order chi connectivity index (χ1) is 7.78. The van der Waals surface area contributed by atoms with Crippen molar-refractivity contribution in [3.8, 4) is 0 Å². The van der Waals surface area contributed by atoms with Gasteiger partial charge in [-0.2, -0.15) is 0 Å². The molecule has 0 heterocycles. The molecule has 0 saturated heterocycles. The number of nitrogens with two attached hydrogens (primary N) is 1. The van der Waals surface area contributed by atoms with E-state index >= 15 is 0 Å². The predicted octanol–water partition coefficient (Wildman–Crippen LogP) is 2.84. The number of hydrogen-bond acceptors (Lipinski definition) is 2. The van der Waals surface area contributed by atoms with Crippen LogP contribution in [0.5, 0.6) is 0 Å². The Balaban J connectivity index is 2.00. The molecule has 0 aliphatic heterocycles. The van der Waals surface area contributed by atoms with Crippen molar-refractivity contribution >= 4 is 0 Å². The third-order valence-electron chi connectivity index (χ3n) is 4.98. The van der Waals surface area contributed by atoms with Crippen LogP contribution >= 0.6 is 0 Å². The zero-order valence-electron chi connectivity index (χ0n) is 10.5. The van der Waals surface area contributed by atoms with E-state index < -0.39 is 0 Å². The van der Waals surface area contributed by atoms with Crippen LogP contribution in [0.2, 0.25) is 0 Å². The minimum Gasteiger partial charge on any atom is -0.392 e. The fourth-order valence-corrected chi connectivity index (χ4v) is 3.83. The first-order valence-corrected chi connectivity index (χ1v) is 7.17. The lowest BCUT2D eigenvalue weighted by atomic mass is 9.65. The van der Waals surface area contributed by atoms with Crippen LogP contribution in [-0.2, 0) is 0 Å². The van der Waals surface area contributed by atoms with Gasteiger partial charge in [0, 0.05) is 12.0 Å². The van der Waals surface area contributed by atoms with Crippen LogP contribution < -0.4 is 5.73 Å². The van der Waals surface area contributed by atoms with Gasteiger partial charge in [-0.15, -0.1) is 0 Å². The zero-order chi connectivity index (χ0) is 11.4. The molecule has 0 amide bonds. The minimum absolute atomic E-state index is 0.0697. The molecule has 2 aliphatic carbocycles. The lowest BCUT2D eigenvalue weighted by Crippen LogP contribution is -2.47. The van der Waals surface area contributed by atoms with Crippen LogP contribution in [0.3, 0.4) is 0 Å². The monoisotopic (exact) mass is 225 g/mol. The highest BCUT2D eigenvalue weighted by Crippen LogP contribution is 2.43. The Labute approximate surface area is 99.6 Å². The third-order valence-corrected chi connectivity index (χ3v) is 4.98. The van der Waals surface area contributed by atoms with Crippen LogP contribution in [0.25, 0.3) is 0 Å². The molecule has 2 saturated carbocycles. The summed E-state index contributed by atoms with van der Waals surface area (Å²) in [5.74, 6) is 0.537. The van der Waals surface area contributed by atoms with Crippen molar-refractivity contribution in [2.24, 2.45) is 17.1 Å². The summed E-state index contributed by atoms with van der Waals surface area (Å²) in [7, 11) is 0. The van der Waals surface area contributed by atoms with Crippen molar-refractivity contribution < 1.29 is 5.11 Å². The van der Waals surface area contributed by atoms with E-state index in [2.05, 4.69) is 0 Å². The molecule has 0 aromatic rings. The molecular weight excluding hydrogens is 198 g/mol. The molecule has 3 N–H and O–H groups in total. The Hall–Kier alpha value is -0.0800. The van der Waals surface area contributed by atoms with Crippen LogP contribution in [0, 0.1) is 11.3 Å². The molecule has 0 aromatic heterocycles. The number of aliphatic hydroxyl groups excluding tert-OH is 1. The van der Waals surface area contributed by atoms with Crippen molar-refractivity contribution in [2.45, 2.75) is 70.3 Å². The molecule has 2 fully saturated rings. The van der Waals surface area contributed by atoms with E-state index in [-0.39, 0.29) is 11.5 Å². The van der Waals surface area contributed by atoms with Gasteiger partial charge in [0.15, 0.2) is 0 Å². The smallest absolute Gasteiger partial charge is 0.0636 e. The topological polar surface area (TPSA) is 46.2 Å². The maximum atomic E-state index is 10.7. The Morgan fingerprint density at radius 2 is 1.56 bits per heavy atom. The molecular formula is C14H27NO. The summed E-state index contributed by atoms with van der Waals surface area (Å²) in [6, 6.07) is 0. The Morgan fingerprint density at radius 3 is 2.12 bits per heavy atom. The molecule has 0 bridgehead atoms. The van der Waals surface area contributed by atoms with E-state index in [1.807, 2.05) is 0 Å². The van der Waals surface area contributed by atoms with Gasteiger partial charge < -0.3 is 10.8 Å². The predicted molar refractivity (Wildman–Crippen MR) is 67.2 cm³/mol. The van der Waals surface area contributed by atoms with Crippen molar-refractivity contribution in [1.82, 2.24) is 0 Å². The van der Waals surface area contributed by atoms with E-state index in [1.165, 1.54) is 51.4 Å². The summed E-state index contributed by atoms with van der Waals surface area (Å²) in [6.45, 7) is 0.685. The summed E-state index contributed by atoms with van der Waals surface area (Å²) in [5, 5.41) is 10.7. The summed E-state index contributed by atoms with van der Waals surface area (Å²) < 4.78 is 0. The fraction of sp³-hybridized carbons (Fsp3) is 1.00. The van der Waals surface area contributed by atoms with Gasteiger partial charge in [-0.05, 0) is 31.6 Å². The van der Waals surface area contributed by atoms with E-state index in [0.29, 0.717) is 12.5 Å². The van der Waals surface area contributed by atoms with Crippen molar-refractivity contribution in [3.05, 3.63) is 0 Å². The summed E-state index contributed by atoms with van der Waals surface area (Å²) >= 11 is 0. The molecule has 1 atom stereocenters. The number of hydrogen-bond donors (Lipinski definition) is 2. The summed E-state index contributed by atoms with van der Waals surface area (Å²) in [6.07, 6.45) is 12.5. The molecule has 2 nitrogen and oxygen atoms in total. The highest BCUT2D eigenvalue weighted by Gasteiger charge is 2.41. The average Bonchev–Trinajstić information content (AvgIpc) is 2.39. The molecule has 2 aliphatic rings. The van der Waals surface area contributed by atoms with E-state index in [0.717, 1.165) is 12.8 Å². The average molecular weight is 225 g/mol. The normalized spacial score (nSPS) is 28.9. The highest BCUT2D eigenvalue weighted by atomic mass is 16.3. The second-order valence-electron chi connectivity index (χ2n) is 5.97. The number of aliphatic hydroxyl groups is 1. The van der Waals surface area contributed by atoms with Gasteiger partial charge in [0.05, 0.1) is 6.10 Å². The van der Waals surface area contributed by atoms with Gasteiger partial charge in [0.1, 0.15) is 0 Å². The highest BCUT2D eigenvalue weighted by molar-refractivity contribution is 4.93. The van der Waals surface area contributed by atoms with E-state index in [1.54, 1.807) is 0 Å². The lowest BCUT2D eigenvalue weighted by molar-refractivity contribution is -0.0464. The Kier molecular flexibility index (Phi) is 4.26. The molecule has 2 heteroatoms. The maximum Gasteiger partial charge on any atom is 0.0636 e. The van der Waals surface area contributed by atoms with Gasteiger partial charge in [-0.3, -0.25) is 0 Å². The SMILES string of the molecule is NCC1(C(O)C2CCCCC2)CCCCC1. The van der Waals surface area contributed by atoms with Crippen LogP contribution in [0.15, 0.2) is 0 Å². The lowest BCUT2D eigenvalue weighted by Gasteiger charge is -2.44. The molecule has 16 heavy (non-hydrogen) atoms. The third kappa shape index (κ3) is 2.43. The summed E-state index contributed by atoms with van der Waals surface area (Å²) in [5.41, 5.74) is 6.06. The molecule has 0 aromatic carbocycles. The number of rotatable bonds is 3. The van der Waals surface area contributed by atoms with Crippen LogP contribution in [0.4, 0.5) is 0 Å². The van der Waals surface area contributed by atoms with Gasteiger partial charge in [0.25, 0.3) is 0 Å². The van der Waals surface area contributed by atoms with Gasteiger partial charge >= 0.3 is 0 Å². The molecule has 0 radical (unpaired) electrons. The zero-order valence-corrected chi connectivity index (χ0v) is 10.5. The molecule has 2 rings (SSSR count). The minimum atomic E-state index is -0.127. The standard InChI is InChI=1S/C14H27NO/c15-11-14(9-5-2-6-10-14)13(16)12-7-3-1-4-8-12/h12-13,16H,1-11,15H2. The van der Waals surface area contributed by atoms with E-state index in [4.69, 9.17) is 5.73 Å². The first-order valence-electron chi connectivity index (χ1n) is 7.17. The van der Waals surface area contributed by atoms with Gasteiger partial charge in [-0.1, -0.05) is 38.5 Å². The first kappa shape index (κ1) is 12.4. The van der Waals surface area contributed by atoms with Crippen molar-refractivity contribution in [2.75, 3.05) is 6.54 Å². The Morgan fingerprint density at radius 1 is 1.00 bits per heavy atom. The Bertz CT molecular complexity index is 205. The van der Waals surface area contributed by atoms with Crippen LogP contribution in [0.1, 0.15) is 64.2 Å². The fourth-order valence-electron chi connectivity index (χ4n) is 3.83. The second-order valence-corrected chi connectivity index (χ2v) is 5.97.